The van der Waals surface area contributed by atoms with Crippen LogP contribution in [-0.4, -0.2) is 27.6 Å². The molecule has 1 heterocycles. The largest absolute Gasteiger partial charge is 0.465 e. The SMILES string of the molecule is CCn1ccc(=S)n(C(=O)CCCCCOC(=O)C(C)C)c1=O. The van der Waals surface area contributed by atoms with Gasteiger partial charge in [-0.3, -0.25) is 9.59 Å². The fraction of sp³-hybridized carbons (Fsp3) is 0.625. The molecule has 0 fully saturated rings. The van der Waals surface area contributed by atoms with Crippen LogP contribution in [0.15, 0.2) is 17.1 Å². The van der Waals surface area contributed by atoms with E-state index >= 15 is 0 Å². The van der Waals surface area contributed by atoms with E-state index in [0.29, 0.717) is 26.0 Å². The molecule has 0 amide bonds. The highest BCUT2D eigenvalue weighted by Gasteiger charge is 2.11. The van der Waals surface area contributed by atoms with Crippen LogP contribution < -0.4 is 5.69 Å². The minimum atomic E-state index is -0.393. The molecule has 0 radical (unpaired) electrons. The van der Waals surface area contributed by atoms with Crippen LogP contribution in [0.5, 0.6) is 0 Å². The summed E-state index contributed by atoms with van der Waals surface area (Å²) in [5.41, 5.74) is -0.393. The zero-order valence-electron chi connectivity index (χ0n) is 13.9. The summed E-state index contributed by atoms with van der Waals surface area (Å²) in [6.07, 6.45) is 3.91. The minimum absolute atomic E-state index is 0.128. The Bertz CT molecular complexity index is 661. The quantitative estimate of drug-likeness (QED) is 0.413. The molecule has 0 saturated carbocycles. The molecule has 0 aliphatic rings. The average Bonchev–Trinajstić information content (AvgIpc) is 2.50. The van der Waals surface area contributed by atoms with E-state index in [2.05, 4.69) is 0 Å². The van der Waals surface area contributed by atoms with E-state index in [4.69, 9.17) is 17.0 Å². The molecule has 7 heteroatoms. The molecule has 23 heavy (non-hydrogen) atoms. The molecule has 0 aromatic carbocycles. The monoisotopic (exact) mass is 340 g/mol. The fourth-order valence-corrected chi connectivity index (χ4v) is 2.23. The van der Waals surface area contributed by atoms with Crippen molar-refractivity contribution < 1.29 is 14.3 Å². The summed E-state index contributed by atoms with van der Waals surface area (Å²) >= 11 is 5.07. The number of carbonyl (C=O) groups is 2. The molecule has 0 unspecified atom stereocenters. The van der Waals surface area contributed by atoms with Gasteiger partial charge in [-0.25, -0.2) is 9.36 Å². The zero-order valence-corrected chi connectivity index (χ0v) is 14.7. The van der Waals surface area contributed by atoms with Crippen molar-refractivity contribution in [2.24, 2.45) is 5.92 Å². The Labute approximate surface area is 141 Å². The Morgan fingerprint density at radius 1 is 1.26 bits per heavy atom. The van der Waals surface area contributed by atoms with Gasteiger partial charge in [0.15, 0.2) is 0 Å². The first-order valence-electron chi connectivity index (χ1n) is 7.90. The summed E-state index contributed by atoms with van der Waals surface area (Å²) in [6.45, 7) is 6.25. The van der Waals surface area contributed by atoms with Crippen LogP contribution in [0.2, 0.25) is 0 Å². The molecular formula is C16H24N2O4S. The molecule has 0 N–H and O–H groups in total. The van der Waals surface area contributed by atoms with Crippen molar-refractivity contribution in [1.29, 1.82) is 0 Å². The van der Waals surface area contributed by atoms with Gasteiger partial charge in [0.05, 0.1) is 12.5 Å². The number of esters is 1. The van der Waals surface area contributed by atoms with Gasteiger partial charge < -0.3 is 9.30 Å². The number of carbonyl (C=O) groups excluding carboxylic acids is 2. The lowest BCUT2D eigenvalue weighted by Crippen LogP contribution is -2.34. The molecule has 0 aliphatic heterocycles. The van der Waals surface area contributed by atoms with E-state index in [0.717, 1.165) is 11.0 Å². The number of nitrogens with zero attached hydrogens (tertiary/aromatic N) is 2. The van der Waals surface area contributed by atoms with Gasteiger partial charge in [0.1, 0.15) is 4.64 Å². The van der Waals surface area contributed by atoms with Crippen molar-refractivity contribution in [2.75, 3.05) is 6.61 Å². The third-order valence-electron chi connectivity index (χ3n) is 3.40. The predicted molar refractivity (Wildman–Crippen MR) is 90.1 cm³/mol. The van der Waals surface area contributed by atoms with Gasteiger partial charge >= 0.3 is 11.7 Å². The van der Waals surface area contributed by atoms with Crippen molar-refractivity contribution in [1.82, 2.24) is 9.13 Å². The summed E-state index contributed by atoms with van der Waals surface area (Å²) in [7, 11) is 0. The first-order valence-corrected chi connectivity index (χ1v) is 8.31. The average molecular weight is 340 g/mol. The van der Waals surface area contributed by atoms with E-state index in [-0.39, 0.29) is 28.9 Å². The fourth-order valence-electron chi connectivity index (χ4n) is 1.99. The molecule has 0 saturated heterocycles. The summed E-state index contributed by atoms with van der Waals surface area (Å²) in [5.74, 6) is -0.629. The highest BCUT2D eigenvalue weighted by Crippen LogP contribution is 2.04. The maximum Gasteiger partial charge on any atom is 0.336 e. The first-order chi connectivity index (χ1) is 10.9. The second kappa shape index (κ2) is 9.39. The van der Waals surface area contributed by atoms with Gasteiger partial charge in [0.25, 0.3) is 0 Å². The highest BCUT2D eigenvalue weighted by atomic mass is 32.1. The predicted octanol–water partition coefficient (Wildman–Crippen LogP) is 2.80. The second-order valence-corrected chi connectivity index (χ2v) is 6.00. The molecule has 1 aromatic rings. The Morgan fingerprint density at radius 2 is 1.96 bits per heavy atom. The van der Waals surface area contributed by atoms with Crippen LogP contribution in [0.1, 0.15) is 51.2 Å². The molecular weight excluding hydrogens is 316 g/mol. The Hall–Kier alpha value is -1.76. The number of hydrogen-bond acceptors (Lipinski definition) is 5. The summed E-state index contributed by atoms with van der Waals surface area (Å²) < 4.78 is 7.79. The number of unbranched alkanes of at least 4 members (excludes halogenated alkanes) is 2. The van der Waals surface area contributed by atoms with E-state index in [1.807, 2.05) is 6.92 Å². The summed E-state index contributed by atoms with van der Waals surface area (Å²) in [6, 6.07) is 1.59. The molecule has 128 valence electrons. The smallest absolute Gasteiger partial charge is 0.336 e. The molecule has 1 rings (SSSR count). The van der Waals surface area contributed by atoms with Crippen LogP contribution in [0.3, 0.4) is 0 Å². The van der Waals surface area contributed by atoms with Crippen molar-refractivity contribution in [3.63, 3.8) is 0 Å². The number of rotatable bonds is 8. The van der Waals surface area contributed by atoms with Crippen molar-refractivity contribution >= 4 is 24.1 Å². The van der Waals surface area contributed by atoms with Crippen LogP contribution in [-0.2, 0) is 16.1 Å². The molecule has 6 nitrogen and oxygen atoms in total. The zero-order chi connectivity index (χ0) is 17.4. The van der Waals surface area contributed by atoms with Crippen molar-refractivity contribution in [3.05, 3.63) is 27.4 Å². The molecule has 0 bridgehead atoms. The second-order valence-electron chi connectivity index (χ2n) is 5.58. The Morgan fingerprint density at radius 3 is 2.57 bits per heavy atom. The van der Waals surface area contributed by atoms with Crippen LogP contribution >= 0.6 is 12.2 Å². The Kier molecular flexibility index (Phi) is 7.88. The maximum atomic E-state index is 12.2. The maximum absolute atomic E-state index is 12.2. The van der Waals surface area contributed by atoms with Gasteiger partial charge in [0, 0.05) is 19.2 Å². The van der Waals surface area contributed by atoms with Gasteiger partial charge in [-0.2, -0.15) is 0 Å². The minimum Gasteiger partial charge on any atom is -0.465 e. The third kappa shape index (κ3) is 5.74. The third-order valence-corrected chi connectivity index (χ3v) is 3.71. The number of aromatic nitrogens is 2. The standard InChI is InChI=1S/C16H24N2O4S/c1-4-17-10-9-14(23)18(16(17)21)13(19)8-6-5-7-11-22-15(20)12(2)3/h9-10,12H,4-8,11H2,1-3H3. The van der Waals surface area contributed by atoms with Gasteiger partial charge in [0.2, 0.25) is 5.91 Å². The van der Waals surface area contributed by atoms with Gasteiger partial charge in [-0.15, -0.1) is 0 Å². The van der Waals surface area contributed by atoms with Crippen LogP contribution in [0.25, 0.3) is 0 Å². The van der Waals surface area contributed by atoms with E-state index in [9.17, 15) is 14.4 Å². The molecule has 0 spiro atoms. The van der Waals surface area contributed by atoms with E-state index < -0.39 is 5.69 Å². The van der Waals surface area contributed by atoms with E-state index in [1.54, 1.807) is 26.1 Å². The lowest BCUT2D eigenvalue weighted by Gasteiger charge is -2.09. The topological polar surface area (TPSA) is 70.3 Å². The van der Waals surface area contributed by atoms with Crippen LogP contribution in [0.4, 0.5) is 0 Å². The van der Waals surface area contributed by atoms with Gasteiger partial charge in [-0.1, -0.05) is 26.1 Å². The normalized spacial score (nSPS) is 10.8. The molecule has 0 atom stereocenters. The van der Waals surface area contributed by atoms with Gasteiger partial charge in [-0.05, 0) is 32.3 Å². The van der Waals surface area contributed by atoms with Crippen molar-refractivity contribution in [3.8, 4) is 0 Å². The highest BCUT2D eigenvalue weighted by molar-refractivity contribution is 7.71. The molecule has 0 aliphatic carbocycles. The lowest BCUT2D eigenvalue weighted by atomic mass is 10.2. The number of hydrogen-bond donors (Lipinski definition) is 0. The number of ether oxygens (including phenoxy) is 1. The molecule has 1 aromatic heterocycles. The Balaban J connectivity index is 2.45. The number of aryl methyl sites for hydroxylation is 1. The lowest BCUT2D eigenvalue weighted by molar-refractivity contribution is -0.147. The summed E-state index contributed by atoms with van der Waals surface area (Å²) in [4.78, 5) is 35.6. The van der Waals surface area contributed by atoms with Crippen LogP contribution in [0, 0.1) is 10.6 Å². The van der Waals surface area contributed by atoms with E-state index in [1.165, 1.54) is 4.57 Å². The van der Waals surface area contributed by atoms with Crippen molar-refractivity contribution in [2.45, 2.75) is 53.0 Å². The first kappa shape index (κ1) is 19.3. The summed E-state index contributed by atoms with van der Waals surface area (Å²) in [5, 5.41) is 0.